The van der Waals surface area contributed by atoms with Gasteiger partial charge in [0.25, 0.3) is 0 Å². The molecule has 0 aromatic heterocycles. The minimum absolute atomic E-state index is 0. The molecule has 7 atom stereocenters. The maximum atomic E-state index is 9.22. The number of ether oxygens (including phenoxy) is 2. The van der Waals surface area contributed by atoms with Crippen molar-refractivity contribution in [2.45, 2.75) is 56.1 Å². The van der Waals surface area contributed by atoms with Gasteiger partial charge in [0.15, 0.2) is 0 Å². The summed E-state index contributed by atoms with van der Waals surface area (Å²) in [5.74, 6) is 0. The Morgan fingerprint density at radius 2 is 1.30 bits per heavy atom. The van der Waals surface area contributed by atoms with E-state index in [4.69, 9.17) is 29.9 Å². The summed E-state index contributed by atoms with van der Waals surface area (Å²) in [7, 11) is 0. The first-order chi connectivity index (χ1) is 9.90. The third-order valence-corrected chi connectivity index (χ3v) is 3.38. The van der Waals surface area contributed by atoms with Crippen LogP contribution in [-0.2, 0) is 9.47 Å². The van der Waals surface area contributed by atoms with E-state index in [0.717, 1.165) is 0 Å². The van der Waals surface area contributed by atoms with Gasteiger partial charge in [-0.15, -0.1) is 0 Å². The second kappa shape index (κ2) is 28.5. The molecule has 2 aliphatic rings. The zero-order valence-electron chi connectivity index (χ0n) is 15.3. The smallest absolute Gasteiger partial charge is 0.149 e. The molecular formula is C13H24Ac6O8. The van der Waals surface area contributed by atoms with Gasteiger partial charge in [-0.25, -0.2) is 0 Å². The van der Waals surface area contributed by atoms with Crippen molar-refractivity contribution in [3.05, 3.63) is 12.3 Å². The number of rotatable bonds is 2. The SMILES string of the molecule is CC1CC(O)C(O)C(CO)O1.OCC1OC=CC(O)C1O.[Ac].[Ac].[Ac].[Ac].[Ac].[Ac]. The first kappa shape index (κ1) is 48.0. The Kier molecular flexibility index (Phi) is 50.7. The molecule has 6 radical (unpaired) electrons. The van der Waals surface area contributed by atoms with Crippen molar-refractivity contribution < 1.29 is 304 Å². The molecule has 0 aliphatic carbocycles. The molecule has 1 fully saturated rings. The van der Waals surface area contributed by atoms with Crippen LogP contribution in [0.15, 0.2) is 12.3 Å². The summed E-state index contributed by atoms with van der Waals surface area (Å²) in [6.45, 7) is 1.27. The summed E-state index contributed by atoms with van der Waals surface area (Å²) in [4.78, 5) is 0. The summed E-state index contributed by atoms with van der Waals surface area (Å²) < 4.78 is 9.93. The van der Waals surface area contributed by atoms with Gasteiger partial charge in [0.1, 0.15) is 30.5 Å². The second-order valence-electron chi connectivity index (χ2n) is 5.13. The number of aliphatic hydroxyl groups excluding tert-OH is 6. The van der Waals surface area contributed by atoms with Crippen molar-refractivity contribution >= 4 is 0 Å². The fourth-order valence-corrected chi connectivity index (χ4v) is 2.10. The number of hydrogen-bond acceptors (Lipinski definition) is 8. The average molecular weight is 1670 g/mol. The molecule has 0 spiro atoms. The standard InChI is InChI=1S/C7H14O4.C6H10O4.6Ac/c1-4-2-5(9)7(10)6(3-8)11-4;7-3-5-6(9)4(8)1-2-10-5;;;;;;/h4-10H,2-3H2,1H3;1-2,4-9H,3H2;;;;;;. The molecule has 2 rings (SSSR count). The average Bonchev–Trinajstić information content (AvgIpc) is 2.46. The van der Waals surface area contributed by atoms with Gasteiger partial charge in [0, 0.05) is 271 Å². The molecule has 0 saturated carbocycles. The van der Waals surface area contributed by atoms with Crippen LogP contribution >= 0.6 is 0 Å². The maximum absolute atomic E-state index is 9.22. The third-order valence-electron chi connectivity index (χ3n) is 3.38. The van der Waals surface area contributed by atoms with E-state index >= 15 is 0 Å². The van der Waals surface area contributed by atoms with Gasteiger partial charge in [0.05, 0.1) is 31.7 Å². The largest absolute Gasteiger partial charge is 0.493 e. The van der Waals surface area contributed by atoms with E-state index < -0.39 is 36.6 Å². The molecule has 2 aliphatic heterocycles. The minimum atomic E-state index is -1.02. The van der Waals surface area contributed by atoms with Gasteiger partial charge < -0.3 is 40.1 Å². The van der Waals surface area contributed by atoms with Crippen LogP contribution in [-0.4, -0.2) is 86.6 Å². The monoisotopic (exact) mass is 1670 g/mol. The molecule has 0 aromatic carbocycles. The van der Waals surface area contributed by atoms with E-state index in [2.05, 4.69) is 0 Å². The first-order valence-electron chi connectivity index (χ1n) is 6.82. The van der Waals surface area contributed by atoms with Crippen molar-refractivity contribution in [3.8, 4) is 0 Å². The minimum Gasteiger partial charge on any atom is -0.493 e. The summed E-state index contributed by atoms with van der Waals surface area (Å²) in [5, 5.41) is 53.7. The van der Waals surface area contributed by atoms with Gasteiger partial charge in [0.2, 0.25) is 0 Å². The molecule has 2 heterocycles. The van der Waals surface area contributed by atoms with E-state index in [-0.39, 0.29) is 284 Å². The zero-order valence-corrected chi connectivity index (χ0v) is 43.8. The van der Waals surface area contributed by atoms with Crippen LogP contribution in [0, 0.1) is 264 Å². The summed E-state index contributed by atoms with van der Waals surface area (Å²) in [5.41, 5.74) is 0. The molecular weight excluding hydrogens is 1650 g/mol. The fraction of sp³-hybridized carbons (Fsp3) is 0.846. The summed E-state index contributed by atoms with van der Waals surface area (Å²) in [6.07, 6.45) is -2.04. The van der Waals surface area contributed by atoms with Gasteiger partial charge >= 0.3 is 0 Å². The Labute approximate surface area is 375 Å². The Morgan fingerprint density at radius 1 is 0.815 bits per heavy atom. The normalized spacial score (nSPS) is 33.2. The van der Waals surface area contributed by atoms with Crippen LogP contribution in [0.25, 0.3) is 0 Å². The topological polar surface area (TPSA) is 140 Å². The predicted molar refractivity (Wildman–Crippen MR) is 71.2 cm³/mol. The van der Waals surface area contributed by atoms with Crippen molar-refractivity contribution in [1.82, 2.24) is 0 Å². The van der Waals surface area contributed by atoms with Crippen molar-refractivity contribution in [2.75, 3.05) is 13.2 Å². The van der Waals surface area contributed by atoms with Gasteiger partial charge in [-0.05, 0) is 13.0 Å². The maximum Gasteiger partial charge on any atom is 0.149 e. The molecule has 7 unspecified atom stereocenters. The molecule has 27 heavy (non-hydrogen) atoms. The summed E-state index contributed by atoms with van der Waals surface area (Å²) in [6, 6.07) is 0. The molecule has 14 heteroatoms. The van der Waals surface area contributed by atoms with Crippen molar-refractivity contribution in [1.29, 1.82) is 0 Å². The fourth-order valence-electron chi connectivity index (χ4n) is 2.10. The van der Waals surface area contributed by atoms with E-state index in [9.17, 15) is 10.2 Å². The quantitative estimate of drug-likeness (QED) is 0.179. The molecule has 6 N–H and O–H groups in total. The van der Waals surface area contributed by atoms with Gasteiger partial charge in [-0.2, -0.15) is 0 Å². The van der Waals surface area contributed by atoms with Gasteiger partial charge in [-0.3, -0.25) is 0 Å². The first-order valence-corrected chi connectivity index (χ1v) is 6.82. The van der Waals surface area contributed by atoms with Crippen LogP contribution in [0.4, 0.5) is 0 Å². The Balaban J connectivity index is -0.0000000670. The molecule has 142 valence electrons. The predicted octanol–water partition coefficient (Wildman–Crippen LogP) is -2.51. The Hall–Kier alpha value is 7.91. The number of aliphatic hydroxyl groups is 6. The summed E-state index contributed by atoms with van der Waals surface area (Å²) >= 11 is 0. The number of hydrogen-bond donors (Lipinski definition) is 6. The van der Waals surface area contributed by atoms with Gasteiger partial charge in [-0.1, -0.05) is 0 Å². The van der Waals surface area contributed by atoms with E-state index in [1.165, 1.54) is 12.3 Å². The van der Waals surface area contributed by atoms with E-state index in [1.54, 1.807) is 6.92 Å². The van der Waals surface area contributed by atoms with Crippen molar-refractivity contribution in [2.24, 2.45) is 0 Å². The molecule has 0 amide bonds. The van der Waals surface area contributed by atoms with Crippen LogP contribution in [0.3, 0.4) is 0 Å². The van der Waals surface area contributed by atoms with Crippen LogP contribution in [0.1, 0.15) is 13.3 Å². The van der Waals surface area contributed by atoms with E-state index in [1.807, 2.05) is 0 Å². The third kappa shape index (κ3) is 19.7. The molecule has 0 bridgehead atoms. The van der Waals surface area contributed by atoms with Crippen molar-refractivity contribution in [3.63, 3.8) is 0 Å². The Bertz CT molecular complexity index is 344. The zero-order chi connectivity index (χ0) is 16.0. The van der Waals surface area contributed by atoms with E-state index in [0.29, 0.717) is 6.42 Å². The van der Waals surface area contributed by atoms with Crippen LogP contribution in [0.5, 0.6) is 0 Å². The molecule has 8 nitrogen and oxygen atoms in total. The van der Waals surface area contributed by atoms with Crippen LogP contribution in [0.2, 0.25) is 0 Å². The second-order valence-corrected chi connectivity index (χ2v) is 5.13. The molecule has 0 aromatic rings. The van der Waals surface area contributed by atoms with Crippen LogP contribution < -0.4 is 0 Å². The Morgan fingerprint density at radius 3 is 1.70 bits per heavy atom. The molecule has 1 saturated heterocycles.